The van der Waals surface area contributed by atoms with Gasteiger partial charge in [-0.2, -0.15) is 0 Å². The zero-order valence-corrected chi connectivity index (χ0v) is 23.5. The van der Waals surface area contributed by atoms with E-state index in [9.17, 15) is 19.5 Å². The van der Waals surface area contributed by atoms with Gasteiger partial charge in [-0.05, 0) is 92.1 Å². The van der Waals surface area contributed by atoms with Crippen molar-refractivity contribution in [1.29, 1.82) is 0 Å². The predicted molar refractivity (Wildman–Crippen MR) is 158 cm³/mol. The number of amides is 1. The number of ketones is 1. The molecule has 2 heterocycles. The summed E-state index contributed by atoms with van der Waals surface area (Å²) < 4.78 is 11.2. The summed E-state index contributed by atoms with van der Waals surface area (Å²) in [5.74, 6) is -1.77. The average Bonchev–Trinajstić information content (AvgIpc) is 3.26. The second-order valence-electron chi connectivity index (χ2n) is 10.2. The van der Waals surface area contributed by atoms with Gasteiger partial charge in [0.1, 0.15) is 18.1 Å². The van der Waals surface area contributed by atoms with Gasteiger partial charge < -0.3 is 14.6 Å². The summed E-state index contributed by atoms with van der Waals surface area (Å²) in [6, 6.07) is 23.6. The van der Waals surface area contributed by atoms with Crippen LogP contribution in [0.15, 0.2) is 103 Å². The van der Waals surface area contributed by atoms with Gasteiger partial charge in [-0.15, -0.1) is 0 Å². The Morgan fingerprint density at radius 2 is 1.60 bits per heavy atom. The minimum absolute atomic E-state index is 0.0492. The van der Waals surface area contributed by atoms with Gasteiger partial charge in [0, 0.05) is 23.6 Å². The molecule has 1 fully saturated rings. The van der Waals surface area contributed by atoms with Crippen molar-refractivity contribution in [2.45, 2.75) is 39.5 Å². The highest BCUT2D eigenvalue weighted by molar-refractivity contribution is 6.51. The molecule has 1 saturated heterocycles. The zero-order chi connectivity index (χ0) is 29.8. The van der Waals surface area contributed by atoms with Gasteiger partial charge in [0.15, 0.2) is 0 Å². The second kappa shape index (κ2) is 12.1. The smallest absolute Gasteiger partial charge is 0.338 e. The maximum atomic E-state index is 13.5. The Bertz CT molecular complexity index is 1650. The number of carbonyl (C=O) groups is 3. The molecule has 8 heteroatoms. The molecule has 0 aliphatic carbocycles. The molecule has 1 atom stereocenters. The summed E-state index contributed by atoms with van der Waals surface area (Å²) in [7, 11) is 0. The molecule has 5 rings (SSSR count). The summed E-state index contributed by atoms with van der Waals surface area (Å²) >= 11 is 0. The number of hydrogen-bond donors (Lipinski definition) is 1. The first-order valence-electron chi connectivity index (χ1n) is 13.5. The predicted octanol–water partition coefficient (Wildman–Crippen LogP) is 6.16. The molecular weight excluding hydrogens is 532 g/mol. The molecule has 1 unspecified atom stereocenters. The Hall–Kier alpha value is -5.24. The molecule has 1 aliphatic rings. The third-order valence-corrected chi connectivity index (χ3v) is 6.88. The first kappa shape index (κ1) is 28.3. The van der Waals surface area contributed by atoms with Crippen molar-refractivity contribution in [1.82, 2.24) is 4.98 Å². The molecule has 3 aromatic carbocycles. The Balaban J connectivity index is 1.51. The highest BCUT2D eigenvalue weighted by atomic mass is 16.5. The fourth-order valence-electron chi connectivity index (χ4n) is 4.85. The van der Waals surface area contributed by atoms with E-state index < -0.39 is 23.7 Å². The average molecular weight is 563 g/mol. The second-order valence-corrected chi connectivity index (χ2v) is 10.2. The molecule has 1 aromatic heterocycles. The summed E-state index contributed by atoms with van der Waals surface area (Å²) in [4.78, 5) is 44.6. The van der Waals surface area contributed by atoms with Gasteiger partial charge in [-0.3, -0.25) is 19.5 Å². The van der Waals surface area contributed by atoms with Crippen LogP contribution in [0.5, 0.6) is 5.75 Å². The van der Waals surface area contributed by atoms with Crippen LogP contribution in [0.2, 0.25) is 0 Å². The fourth-order valence-corrected chi connectivity index (χ4v) is 4.85. The molecule has 0 saturated carbocycles. The molecule has 1 aliphatic heterocycles. The minimum Gasteiger partial charge on any atom is -0.507 e. The molecule has 0 spiro atoms. The van der Waals surface area contributed by atoms with Gasteiger partial charge in [0.05, 0.1) is 23.3 Å². The van der Waals surface area contributed by atoms with Crippen LogP contribution in [0.25, 0.3) is 5.76 Å². The standard InChI is InChI=1S/C34H30N2O6/c1-21(2)42-34(40)25-9-12-27(13-10-25)36-30(24-15-17-35-18-16-24)29(32(38)33(36)39)31(37)26-11-14-28(22(3)19-26)41-20-23-7-5-4-6-8-23/h4-19,21,30,37H,20H2,1-3H3/b31-29-. The monoisotopic (exact) mass is 562 g/mol. The number of aryl methyl sites for hydroxylation is 1. The van der Waals surface area contributed by atoms with Crippen LogP contribution in [0.1, 0.15) is 52.5 Å². The number of esters is 1. The number of aliphatic hydroxyl groups is 1. The molecule has 1 N–H and O–H groups in total. The lowest BCUT2D eigenvalue weighted by molar-refractivity contribution is -0.132. The molecule has 1 amide bonds. The van der Waals surface area contributed by atoms with Crippen molar-refractivity contribution < 1.29 is 29.0 Å². The maximum Gasteiger partial charge on any atom is 0.338 e. The van der Waals surface area contributed by atoms with Gasteiger partial charge >= 0.3 is 5.97 Å². The van der Waals surface area contributed by atoms with E-state index >= 15 is 0 Å². The highest BCUT2D eigenvalue weighted by Gasteiger charge is 2.47. The van der Waals surface area contributed by atoms with E-state index in [1.807, 2.05) is 37.3 Å². The molecule has 42 heavy (non-hydrogen) atoms. The largest absolute Gasteiger partial charge is 0.507 e. The quantitative estimate of drug-likeness (QED) is 0.119. The van der Waals surface area contributed by atoms with Gasteiger partial charge in [-0.1, -0.05) is 30.3 Å². The van der Waals surface area contributed by atoms with Gasteiger partial charge in [0.25, 0.3) is 11.7 Å². The van der Waals surface area contributed by atoms with Crippen LogP contribution in [0.4, 0.5) is 5.69 Å². The van der Waals surface area contributed by atoms with E-state index in [-0.39, 0.29) is 17.4 Å². The van der Waals surface area contributed by atoms with Crippen LogP contribution in [-0.4, -0.2) is 33.9 Å². The number of aliphatic hydroxyl groups excluding tert-OH is 1. The first-order chi connectivity index (χ1) is 20.2. The maximum absolute atomic E-state index is 13.5. The lowest BCUT2D eigenvalue weighted by Crippen LogP contribution is -2.29. The van der Waals surface area contributed by atoms with Crippen LogP contribution in [0.3, 0.4) is 0 Å². The van der Waals surface area contributed by atoms with Gasteiger partial charge in [0.2, 0.25) is 0 Å². The van der Waals surface area contributed by atoms with Crippen molar-refractivity contribution in [3.8, 4) is 5.75 Å². The van der Waals surface area contributed by atoms with Crippen molar-refractivity contribution in [3.63, 3.8) is 0 Å². The van der Waals surface area contributed by atoms with E-state index in [0.29, 0.717) is 34.7 Å². The number of benzene rings is 3. The van der Waals surface area contributed by atoms with Crippen LogP contribution >= 0.6 is 0 Å². The van der Waals surface area contributed by atoms with Crippen molar-refractivity contribution in [2.75, 3.05) is 4.90 Å². The van der Waals surface area contributed by atoms with Crippen LogP contribution in [0, 0.1) is 6.92 Å². The number of Topliss-reactive ketones (excluding diaryl/α,β-unsaturated/α-hetero) is 1. The van der Waals surface area contributed by atoms with Crippen molar-refractivity contribution in [2.24, 2.45) is 0 Å². The van der Waals surface area contributed by atoms with Crippen molar-refractivity contribution in [3.05, 3.63) is 131 Å². The third-order valence-electron chi connectivity index (χ3n) is 6.88. The minimum atomic E-state index is -0.921. The van der Waals surface area contributed by atoms with Gasteiger partial charge in [-0.25, -0.2) is 4.79 Å². The molecular formula is C34H30N2O6. The van der Waals surface area contributed by atoms with E-state index in [2.05, 4.69) is 4.98 Å². The number of pyridine rings is 1. The Morgan fingerprint density at radius 3 is 2.24 bits per heavy atom. The number of anilines is 1. The number of nitrogens with zero attached hydrogens (tertiary/aromatic N) is 2. The summed E-state index contributed by atoms with van der Waals surface area (Å²) in [6.07, 6.45) is 2.84. The number of carbonyl (C=O) groups excluding carboxylic acids is 3. The molecule has 0 radical (unpaired) electrons. The molecule has 8 nitrogen and oxygen atoms in total. The third kappa shape index (κ3) is 5.78. The topological polar surface area (TPSA) is 106 Å². The SMILES string of the molecule is Cc1cc(/C(O)=C2/C(=O)C(=O)N(c3ccc(C(=O)OC(C)C)cc3)C2c2ccncc2)ccc1OCc1ccccc1. The van der Waals surface area contributed by atoms with E-state index in [4.69, 9.17) is 9.47 Å². The lowest BCUT2D eigenvalue weighted by atomic mass is 9.95. The Labute approximate surface area is 243 Å². The summed E-state index contributed by atoms with van der Waals surface area (Å²) in [5.41, 5.74) is 3.40. The molecule has 4 aromatic rings. The molecule has 212 valence electrons. The lowest BCUT2D eigenvalue weighted by Gasteiger charge is -2.25. The normalized spacial score (nSPS) is 16.1. The van der Waals surface area contributed by atoms with Crippen LogP contribution < -0.4 is 9.64 Å². The number of ether oxygens (including phenoxy) is 2. The van der Waals surface area contributed by atoms with Crippen LogP contribution in [-0.2, 0) is 20.9 Å². The number of aromatic nitrogens is 1. The fraction of sp³-hybridized carbons (Fsp3) is 0.176. The van der Waals surface area contributed by atoms with Crippen molar-refractivity contribution >= 4 is 29.1 Å². The zero-order valence-electron chi connectivity index (χ0n) is 23.5. The van der Waals surface area contributed by atoms with E-state index in [1.165, 1.54) is 4.90 Å². The summed E-state index contributed by atoms with van der Waals surface area (Å²) in [6.45, 7) is 5.75. The Kier molecular flexibility index (Phi) is 8.15. The van der Waals surface area contributed by atoms with E-state index in [1.54, 1.807) is 80.8 Å². The molecule has 0 bridgehead atoms. The van der Waals surface area contributed by atoms with E-state index in [0.717, 1.165) is 11.1 Å². The summed E-state index contributed by atoms with van der Waals surface area (Å²) in [5, 5.41) is 11.5. The highest BCUT2D eigenvalue weighted by Crippen LogP contribution is 2.42. The Morgan fingerprint density at radius 1 is 0.929 bits per heavy atom. The first-order valence-corrected chi connectivity index (χ1v) is 13.5. The number of hydrogen-bond acceptors (Lipinski definition) is 7. The number of rotatable bonds is 8.